The van der Waals surface area contributed by atoms with Gasteiger partial charge in [0.15, 0.2) is 5.06 Å². The first kappa shape index (κ1) is 15.1. The van der Waals surface area contributed by atoms with Crippen LogP contribution < -0.4 is 4.74 Å². The van der Waals surface area contributed by atoms with Crippen molar-refractivity contribution in [3.63, 3.8) is 0 Å². The van der Waals surface area contributed by atoms with Crippen LogP contribution in [0.2, 0.25) is 0 Å². The fourth-order valence-corrected chi connectivity index (χ4v) is 2.91. The van der Waals surface area contributed by atoms with Crippen LogP contribution in [0, 0.1) is 13.8 Å². The lowest BCUT2D eigenvalue weighted by molar-refractivity contribution is 0.218. The van der Waals surface area contributed by atoms with E-state index >= 15 is 0 Å². The second-order valence-corrected chi connectivity index (χ2v) is 6.07. The van der Waals surface area contributed by atoms with Crippen LogP contribution in [-0.4, -0.2) is 15.4 Å². The fraction of sp³-hybridized carbons (Fsp3) is 0.357. The highest BCUT2D eigenvalue weighted by Crippen LogP contribution is 2.44. The number of benzene rings is 1. The molecule has 19 heavy (non-hydrogen) atoms. The summed E-state index contributed by atoms with van der Waals surface area (Å²) >= 11 is 9.85. The Labute approximate surface area is 136 Å². The largest absolute Gasteiger partial charge is 0.470 e. The Morgan fingerprint density at radius 2 is 2.16 bits per heavy atom. The molecule has 1 atom stereocenters. The predicted molar refractivity (Wildman–Crippen MR) is 88.2 cm³/mol. The lowest BCUT2D eigenvalue weighted by Gasteiger charge is -2.17. The molecule has 0 bridgehead atoms. The Morgan fingerprint density at radius 1 is 1.42 bits per heavy atom. The molecule has 0 saturated heterocycles. The molecule has 0 amide bonds. The maximum atomic E-state index is 6.44. The van der Waals surface area contributed by atoms with E-state index in [0.29, 0.717) is 11.8 Å². The van der Waals surface area contributed by atoms with Crippen molar-refractivity contribution >= 4 is 55.4 Å². The summed E-state index contributed by atoms with van der Waals surface area (Å²) in [5, 5.41) is 0.981. The van der Waals surface area contributed by atoms with E-state index in [9.17, 15) is 0 Å². The quantitative estimate of drug-likeness (QED) is 0.640. The van der Waals surface area contributed by atoms with Crippen molar-refractivity contribution in [1.29, 1.82) is 0 Å². The molecule has 0 radical (unpaired) electrons. The molecule has 0 spiro atoms. The third-order valence-electron chi connectivity index (χ3n) is 3.32. The van der Waals surface area contributed by atoms with E-state index in [1.54, 1.807) is 0 Å². The number of nitrogens with zero attached hydrogens (tertiary/aromatic N) is 1. The Morgan fingerprint density at radius 3 is 2.84 bits per heavy atom. The van der Waals surface area contributed by atoms with Gasteiger partial charge in [-0.3, -0.25) is 4.98 Å². The molecule has 1 aliphatic heterocycles. The maximum absolute atomic E-state index is 6.44. The first-order valence-corrected chi connectivity index (χ1v) is 7.36. The molecule has 0 fully saturated rings. The van der Waals surface area contributed by atoms with Gasteiger partial charge in [0, 0.05) is 23.1 Å². The zero-order valence-corrected chi connectivity index (χ0v) is 14.7. The zero-order chi connectivity index (χ0) is 12.9. The van der Waals surface area contributed by atoms with Gasteiger partial charge in [-0.2, -0.15) is 0 Å². The summed E-state index contributed by atoms with van der Waals surface area (Å²) < 4.78 is 5.97. The van der Waals surface area contributed by atoms with E-state index < -0.39 is 5.06 Å². The average molecular weight is 408 g/mol. The predicted octanol–water partition coefficient (Wildman–Crippen LogP) is 4.69. The minimum atomic E-state index is -0.674. The number of rotatable bonds is 1. The number of fused-ring (bicyclic) bond motifs is 3. The van der Waals surface area contributed by atoms with Gasteiger partial charge in [-0.05, 0) is 26.0 Å². The molecular formula is C14H14Br2ClNO. The average Bonchev–Trinajstić information content (AvgIpc) is 2.70. The molecular weight excluding hydrogens is 393 g/mol. The van der Waals surface area contributed by atoms with Crippen LogP contribution in [0.1, 0.15) is 16.8 Å². The van der Waals surface area contributed by atoms with Crippen molar-refractivity contribution in [2.45, 2.75) is 25.3 Å². The standard InChI is InChI=1S/C14H13BrClNO.BrH/c1-8-3-4-12-10(5-8)13-11(9(2)17-12)6-14(16,7-15)18-13;/h3-5H,6-7H2,1-2H3;1H. The summed E-state index contributed by atoms with van der Waals surface area (Å²) in [5.41, 5.74) is 4.30. The topological polar surface area (TPSA) is 22.1 Å². The number of pyridine rings is 1. The van der Waals surface area contributed by atoms with E-state index in [-0.39, 0.29) is 17.0 Å². The third kappa shape index (κ3) is 2.50. The van der Waals surface area contributed by atoms with Gasteiger partial charge in [-0.1, -0.05) is 39.2 Å². The molecule has 3 rings (SSSR count). The molecule has 1 unspecified atom stereocenters. The van der Waals surface area contributed by atoms with Crippen LogP contribution in [-0.2, 0) is 6.42 Å². The summed E-state index contributed by atoms with van der Waals surface area (Å²) in [6.07, 6.45) is 0.692. The first-order chi connectivity index (χ1) is 8.52. The number of hydrogen-bond acceptors (Lipinski definition) is 2. The highest BCUT2D eigenvalue weighted by atomic mass is 79.9. The Balaban J connectivity index is 0.00000133. The minimum absolute atomic E-state index is 0. The number of alkyl halides is 2. The van der Waals surface area contributed by atoms with Gasteiger partial charge in [0.25, 0.3) is 0 Å². The molecule has 2 aromatic rings. The van der Waals surface area contributed by atoms with Crippen LogP contribution >= 0.6 is 44.5 Å². The van der Waals surface area contributed by atoms with E-state index in [4.69, 9.17) is 16.3 Å². The fourth-order valence-electron chi connectivity index (χ4n) is 2.39. The molecule has 1 aromatic carbocycles. The summed E-state index contributed by atoms with van der Waals surface area (Å²) in [6.45, 7) is 4.08. The van der Waals surface area contributed by atoms with Gasteiger partial charge >= 0.3 is 0 Å². The summed E-state index contributed by atoms with van der Waals surface area (Å²) in [5.74, 6) is 0.899. The molecule has 0 saturated carbocycles. The number of hydrogen-bond donors (Lipinski definition) is 0. The van der Waals surface area contributed by atoms with E-state index in [1.165, 1.54) is 5.56 Å². The lowest BCUT2D eigenvalue weighted by atomic mass is 10.0. The van der Waals surface area contributed by atoms with Crippen LogP contribution in [0.4, 0.5) is 0 Å². The van der Waals surface area contributed by atoms with E-state index in [0.717, 1.165) is 27.9 Å². The van der Waals surface area contributed by atoms with Gasteiger partial charge in [0.05, 0.1) is 10.8 Å². The third-order valence-corrected chi connectivity index (χ3v) is 4.89. The first-order valence-electron chi connectivity index (χ1n) is 5.86. The van der Waals surface area contributed by atoms with Crippen molar-refractivity contribution in [2.24, 2.45) is 0 Å². The second kappa shape index (κ2) is 5.23. The van der Waals surface area contributed by atoms with Crippen molar-refractivity contribution < 1.29 is 4.74 Å². The van der Waals surface area contributed by atoms with Crippen molar-refractivity contribution in [1.82, 2.24) is 4.98 Å². The minimum Gasteiger partial charge on any atom is -0.470 e. The Hall–Kier alpha value is -0.320. The monoisotopic (exact) mass is 405 g/mol. The van der Waals surface area contributed by atoms with Gasteiger partial charge < -0.3 is 4.74 Å². The van der Waals surface area contributed by atoms with Crippen LogP contribution in [0.5, 0.6) is 5.75 Å². The van der Waals surface area contributed by atoms with Gasteiger partial charge in [0.1, 0.15) is 5.75 Å². The molecule has 5 heteroatoms. The Kier molecular flexibility index (Phi) is 4.15. The maximum Gasteiger partial charge on any atom is 0.196 e. The van der Waals surface area contributed by atoms with E-state index in [1.807, 2.05) is 13.0 Å². The molecule has 2 heterocycles. The number of aryl methyl sites for hydroxylation is 2. The molecule has 1 aromatic heterocycles. The lowest BCUT2D eigenvalue weighted by Crippen LogP contribution is -2.28. The van der Waals surface area contributed by atoms with Crippen LogP contribution in [0.15, 0.2) is 18.2 Å². The highest BCUT2D eigenvalue weighted by Gasteiger charge is 2.38. The molecule has 2 nitrogen and oxygen atoms in total. The smallest absolute Gasteiger partial charge is 0.196 e. The van der Waals surface area contributed by atoms with Gasteiger partial charge in [0.2, 0.25) is 0 Å². The summed E-state index contributed by atoms with van der Waals surface area (Å²) in [7, 11) is 0. The van der Waals surface area contributed by atoms with E-state index in [2.05, 4.69) is 40.0 Å². The van der Waals surface area contributed by atoms with Crippen LogP contribution in [0.25, 0.3) is 10.9 Å². The number of aromatic nitrogens is 1. The normalized spacial score (nSPS) is 20.8. The van der Waals surface area contributed by atoms with Gasteiger partial charge in [-0.15, -0.1) is 17.0 Å². The van der Waals surface area contributed by atoms with Crippen molar-refractivity contribution in [3.8, 4) is 5.75 Å². The molecule has 1 aliphatic rings. The molecule has 102 valence electrons. The summed E-state index contributed by atoms with van der Waals surface area (Å²) in [6, 6.07) is 6.20. The van der Waals surface area contributed by atoms with Gasteiger partial charge in [-0.25, -0.2) is 0 Å². The Bertz CT molecular complexity index is 647. The van der Waals surface area contributed by atoms with Crippen LogP contribution in [0.3, 0.4) is 0 Å². The summed E-state index contributed by atoms with van der Waals surface area (Å²) in [4.78, 5) is 4.63. The number of ether oxygens (including phenoxy) is 1. The van der Waals surface area contributed by atoms with Crippen molar-refractivity contribution in [2.75, 3.05) is 5.33 Å². The zero-order valence-electron chi connectivity index (χ0n) is 10.7. The highest BCUT2D eigenvalue weighted by molar-refractivity contribution is 9.09. The molecule has 0 N–H and O–H groups in total. The SMILES string of the molecule is Br.Cc1ccc2nc(C)c3c(c2c1)OC(Cl)(CBr)C3. The van der Waals surface area contributed by atoms with Crippen molar-refractivity contribution in [3.05, 3.63) is 35.0 Å². The molecule has 0 aliphatic carbocycles. The second-order valence-electron chi connectivity index (χ2n) is 4.82. The number of halogens is 3.